The molecule has 1 fully saturated rings. The van der Waals surface area contributed by atoms with Gasteiger partial charge in [-0.3, -0.25) is 9.63 Å². The fourth-order valence-corrected chi connectivity index (χ4v) is 3.84. The number of amides is 1. The maximum Gasteiger partial charge on any atom is 0.278 e. The zero-order valence-corrected chi connectivity index (χ0v) is 18.0. The molecule has 29 heavy (non-hydrogen) atoms. The quantitative estimate of drug-likeness (QED) is 0.493. The molecule has 7 heteroatoms. The van der Waals surface area contributed by atoms with Crippen LogP contribution in [0, 0.1) is 25.6 Å². The van der Waals surface area contributed by atoms with Crippen LogP contribution in [0.15, 0.2) is 30.5 Å². The molecule has 1 aromatic carbocycles. The number of fused-ring (bicyclic) bond motifs is 1. The third-order valence-electron chi connectivity index (χ3n) is 4.46. The maximum atomic E-state index is 14.3. The molecule has 2 N–H and O–H groups in total. The molecule has 1 amide bonds. The Morgan fingerprint density at radius 2 is 2.00 bits per heavy atom. The molecular formula is C22H26FN3O2S. The summed E-state index contributed by atoms with van der Waals surface area (Å²) in [7, 11) is 0. The van der Waals surface area contributed by atoms with Gasteiger partial charge in [-0.2, -0.15) is 0 Å². The topological polar surface area (TPSA) is 63.2 Å². The van der Waals surface area contributed by atoms with Crippen molar-refractivity contribution >= 4 is 38.1 Å². The summed E-state index contributed by atoms with van der Waals surface area (Å²) in [5.74, 6) is -0.190. The van der Waals surface area contributed by atoms with E-state index in [1.165, 1.54) is 17.4 Å². The van der Waals surface area contributed by atoms with Gasteiger partial charge < -0.3 is 5.32 Å². The molecule has 0 aliphatic heterocycles. The third-order valence-corrected chi connectivity index (χ3v) is 5.49. The van der Waals surface area contributed by atoms with Crippen LogP contribution in [0.2, 0.25) is 0 Å². The first-order valence-corrected chi connectivity index (χ1v) is 10.7. The highest BCUT2D eigenvalue weighted by atomic mass is 32.1. The lowest BCUT2D eigenvalue weighted by Crippen LogP contribution is -2.25. The number of halogens is 1. The summed E-state index contributed by atoms with van der Waals surface area (Å²) in [4.78, 5) is 23.3. The molecule has 1 saturated carbocycles. The summed E-state index contributed by atoms with van der Waals surface area (Å²) < 4.78 is 14.3. The number of carbonyl (C=O) groups is 1. The van der Waals surface area contributed by atoms with Crippen LogP contribution in [0.3, 0.4) is 0 Å². The number of hydroxylamine groups is 1. The van der Waals surface area contributed by atoms with Gasteiger partial charge in [0.05, 0.1) is 17.9 Å². The number of hydrogen-bond donors (Lipinski definition) is 2. The lowest BCUT2D eigenvalue weighted by molar-refractivity contribution is 0.0272. The molecule has 0 atom stereocenters. The predicted molar refractivity (Wildman–Crippen MR) is 116 cm³/mol. The first-order valence-electron chi connectivity index (χ1n) is 9.85. The second kappa shape index (κ2) is 9.33. The third kappa shape index (κ3) is 5.10. The predicted octanol–water partition coefficient (Wildman–Crippen LogP) is 5.89. The summed E-state index contributed by atoms with van der Waals surface area (Å²) in [6.07, 6.45) is 4.03. The summed E-state index contributed by atoms with van der Waals surface area (Å²) in [5.41, 5.74) is 5.04. The lowest BCUT2D eigenvalue weighted by atomic mass is 10.1. The van der Waals surface area contributed by atoms with Crippen molar-refractivity contribution in [2.24, 2.45) is 5.92 Å². The SMILES string of the molecule is CC.Cc1ccc(Nc2sc3ncc(C)cc3c2C(=O)NOCC2CC2)c(F)c1. The number of thiophene rings is 1. The molecule has 0 bridgehead atoms. The monoisotopic (exact) mass is 415 g/mol. The van der Waals surface area contributed by atoms with Gasteiger partial charge in [0.15, 0.2) is 0 Å². The molecular weight excluding hydrogens is 389 g/mol. The molecule has 0 unspecified atom stereocenters. The minimum absolute atomic E-state index is 0.317. The first kappa shape index (κ1) is 21.2. The standard InChI is InChI=1S/C20H20FN3O2S.C2H6/c1-11-3-6-16(15(21)8-11)23-20-17(18(25)24-26-10-13-4-5-13)14-7-12(2)9-22-19(14)27-20;1-2/h3,6-9,13,23H,4-5,10H2,1-2H3,(H,24,25);1-2H3. The van der Waals surface area contributed by atoms with Gasteiger partial charge in [-0.1, -0.05) is 31.3 Å². The molecule has 2 aromatic heterocycles. The largest absolute Gasteiger partial charge is 0.344 e. The number of rotatable bonds is 6. The van der Waals surface area contributed by atoms with Gasteiger partial charge in [-0.25, -0.2) is 14.9 Å². The first-order chi connectivity index (χ1) is 14.0. The zero-order chi connectivity index (χ0) is 21.0. The Bertz CT molecular complexity index is 1010. The number of aromatic nitrogens is 1. The van der Waals surface area contributed by atoms with Gasteiger partial charge in [-0.15, -0.1) is 0 Å². The van der Waals surface area contributed by atoms with Gasteiger partial charge in [0.2, 0.25) is 0 Å². The Morgan fingerprint density at radius 3 is 2.69 bits per heavy atom. The second-order valence-corrected chi connectivity index (χ2v) is 7.96. The van der Waals surface area contributed by atoms with Gasteiger partial charge in [0.1, 0.15) is 15.6 Å². The van der Waals surface area contributed by atoms with E-state index in [0.29, 0.717) is 33.6 Å². The highest BCUT2D eigenvalue weighted by molar-refractivity contribution is 7.23. The average molecular weight is 416 g/mol. The Balaban J connectivity index is 0.00000117. The Hall–Kier alpha value is -2.51. The molecule has 2 heterocycles. The molecule has 3 aromatic rings. The van der Waals surface area contributed by atoms with Crippen LogP contribution in [0.4, 0.5) is 15.1 Å². The Kier molecular flexibility index (Phi) is 6.82. The molecule has 1 aliphatic rings. The van der Waals surface area contributed by atoms with Crippen molar-refractivity contribution in [3.8, 4) is 0 Å². The molecule has 1 aliphatic carbocycles. The van der Waals surface area contributed by atoms with E-state index in [1.807, 2.05) is 39.8 Å². The molecule has 154 valence electrons. The molecule has 0 spiro atoms. The number of carbonyl (C=O) groups excluding carboxylic acids is 1. The normalized spacial score (nSPS) is 13.0. The van der Waals surface area contributed by atoms with Gasteiger partial charge >= 0.3 is 0 Å². The molecule has 4 rings (SSSR count). The maximum absolute atomic E-state index is 14.3. The van der Waals surface area contributed by atoms with Crippen molar-refractivity contribution in [1.29, 1.82) is 0 Å². The van der Waals surface area contributed by atoms with E-state index in [2.05, 4.69) is 15.8 Å². The fourth-order valence-electron chi connectivity index (χ4n) is 2.80. The van der Waals surface area contributed by atoms with E-state index in [1.54, 1.807) is 12.3 Å². The smallest absolute Gasteiger partial charge is 0.278 e. The van der Waals surface area contributed by atoms with Gasteiger partial charge in [0, 0.05) is 11.6 Å². The van der Waals surface area contributed by atoms with Crippen LogP contribution >= 0.6 is 11.3 Å². The Morgan fingerprint density at radius 1 is 1.24 bits per heavy atom. The van der Waals surface area contributed by atoms with E-state index in [4.69, 9.17) is 4.84 Å². The number of anilines is 2. The number of nitrogens with zero attached hydrogens (tertiary/aromatic N) is 1. The minimum atomic E-state index is -0.368. The van der Waals surface area contributed by atoms with E-state index in [-0.39, 0.29) is 11.7 Å². The number of benzene rings is 1. The second-order valence-electron chi connectivity index (χ2n) is 6.97. The number of aryl methyl sites for hydroxylation is 2. The Labute approximate surface area is 174 Å². The van der Waals surface area contributed by atoms with E-state index in [0.717, 1.165) is 29.4 Å². The number of pyridine rings is 1. The molecule has 0 saturated heterocycles. The van der Waals surface area contributed by atoms with Crippen LogP contribution in [0.1, 0.15) is 48.2 Å². The van der Waals surface area contributed by atoms with Crippen molar-refractivity contribution in [3.05, 3.63) is 53.0 Å². The van der Waals surface area contributed by atoms with Crippen molar-refractivity contribution in [1.82, 2.24) is 10.5 Å². The lowest BCUT2D eigenvalue weighted by Gasteiger charge is -2.10. The van der Waals surface area contributed by atoms with Crippen LogP contribution in [-0.4, -0.2) is 17.5 Å². The zero-order valence-electron chi connectivity index (χ0n) is 17.1. The van der Waals surface area contributed by atoms with E-state index >= 15 is 0 Å². The van der Waals surface area contributed by atoms with Crippen molar-refractivity contribution in [3.63, 3.8) is 0 Å². The van der Waals surface area contributed by atoms with Gasteiger partial charge in [-0.05, 0) is 61.9 Å². The van der Waals surface area contributed by atoms with Crippen LogP contribution in [0.5, 0.6) is 0 Å². The van der Waals surface area contributed by atoms with Crippen molar-refractivity contribution in [2.45, 2.75) is 40.5 Å². The van der Waals surface area contributed by atoms with Crippen molar-refractivity contribution < 1.29 is 14.0 Å². The summed E-state index contributed by atoms with van der Waals surface area (Å²) in [6.45, 7) is 8.26. The summed E-state index contributed by atoms with van der Waals surface area (Å²) >= 11 is 1.32. The van der Waals surface area contributed by atoms with E-state index < -0.39 is 0 Å². The highest BCUT2D eigenvalue weighted by Gasteiger charge is 2.24. The number of nitrogens with one attached hydrogen (secondary N) is 2. The summed E-state index contributed by atoms with van der Waals surface area (Å²) in [6, 6.07) is 6.85. The highest BCUT2D eigenvalue weighted by Crippen LogP contribution is 2.37. The minimum Gasteiger partial charge on any atom is -0.344 e. The molecule has 0 radical (unpaired) electrons. The van der Waals surface area contributed by atoms with Crippen LogP contribution in [-0.2, 0) is 4.84 Å². The van der Waals surface area contributed by atoms with E-state index in [9.17, 15) is 9.18 Å². The summed E-state index contributed by atoms with van der Waals surface area (Å²) in [5, 5.41) is 4.32. The molecule has 5 nitrogen and oxygen atoms in total. The fraction of sp³-hybridized carbons (Fsp3) is 0.364. The van der Waals surface area contributed by atoms with Crippen LogP contribution in [0.25, 0.3) is 10.2 Å². The number of hydrogen-bond acceptors (Lipinski definition) is 5. The van der Waals surface area contributed by atoms with Crippen molar-refractivity contribution in [2.75, 3.05) is 11.9 Å². The van der Waals surface area contributed by atoms with Crippen LogP contribution < -0.4 is 10.8 Å². The average Bonchev–Trinajstić information content (AvgIpc) is 3.45. The van der Waals surface area contributed by atoms with Gasteiger partial charge in [0.25, 0.3) is 5.91 Å².